The Labute approximate surface area is 179 Å². The van der Waals surface area contributed by atoms with Gasteiger partial charge in [0.2, 0.25) is 5.82 Å². The van der Waals surface area contributed by atoms with E-state index in [-0.39, 0.29) is 12.5 Å². The van der Waals surface area contributed by atoms with Gasteiger partial charge >= 0.3 is 0 Å². The van der Waals surface area contributed by atoms with E-state index in [0.29, 0.717) is 28.7 Å². The van der Waals surface area contributed by atoms with Crippen molar-refractivity contribution in [3.05, 3.63) is 78.4 Å². The van der Waals surface area contributed by atoms with Crippen LogP contribution in [-0.2, 0) is 4.79 Å². The first-order valence-electron chi connectivity index (χ1n) is 9.68. The Balaban J connectivity index is 1.39. The van der Waals surface area contributed by atoms with Crippen molar-refractivity contribution in [1.82, 2.24) is 10.1 Å². The van der Waals surface area contributed by atoms with Crippen molar-refractivity contribution in [3.63, 3.8) is 0 Å². The topological polar surface area (TPSA) is 86.5 Å². The molecule has 0 saturated heterocycles. The molecule has 0 spiro atoms. The Morgan fingerprint density at radius 1 is 0.968 bits per heavy atom. The molecule has 1 aromatic heterocycles. The summed E-state index contributed by atoms with van der Waals surface area (Å²) in [6.07, 6.45) is 0. The molecule has 0 aliphatic rings. The van der Waals surface area contributed by atoms with Crippen molar-refractivity contribution in [2.24, 2.45) is 0 Å². The Bertz CT molecular complexity index is 1170. The van der Waals surface area contributed by atoms with Crippen molar-refractivity contribution in [3.8, 4) is 34.3 Å². The van der Waals surface area contributed by atoms with Crippen molar-refractivity contribution in [2.45, 2.75) is 6.92 Å². The van der Waals surface area contributed by atoms with Gasteiger partial charge < -0.3 is 19.3 Å². The number of rotatable bonds is 7. The highest BCUT2D eigenvalue weighted by Gasteiger charge is 2.12. The zero-order valence-electron chi connectivity index (χ0n) is 17.2. The molecule has 0 aliphatic heterocycles. The van der Waals surface area contributed by atoms with Crippen LogP contribution in [0.4, 0.5) is 5.69 Å². The molecule has 3 aromatic carbocycles. The summed E-state index contributed by atoms with van der Waals surface area (Å²) in [5.41, 5.74) is 3.41. The molecule has 7 nitrogen and oxygen atoms in total. The predicted molar refractivity (Wildman–Crippen MR) is 117 cm³/mol. The molecule has 0 bridgehead atoms. The number of carbonyl (C=O) groups is 1. The highest BCUT2D eigenvalue weighted by atomic mass is 16.5. The normalized spacial score (nSPS) is 10.5. The lowest BCUT2D eigenvalue weighted by atomic mass is 10.1. The van der Waals surface area contributed by atoms with E-state index in [1.54, 1.807) is 43.5 Å². The van der Waals surface area contributed by atoms with Crippen molar-refractivity contribution in [1.29, 1.82) is 0 Å². The summed E-state index contributed by atoms with van der Waals surface area (Å²) in [7, 11) is 1.59. The van der Waals surface area contributed by atoms with Crippen molar-refractivity contribution in [2.75, 3.05) is 19.0 Å². The molecule has 0 fully saturated rings. The summed E-state index contributed by atoms with van der Waals surface area (Å²) >= 11 is 0. The molecule has 0 aliphatic carbocycles. The molecule has 0 atom stereocenters. The van der Waals surface area contributed by atoms with Crippen LogP contribution in [0, 0.1) is 6.92 Å². The predicted octanol–water partition coefficient (Wildman–Crippen LogP) is 4.74. The maximum absolute atomic E-state index is 12.2. The van der Waals surface area contributed by atoms with Crippen LogP contribution >= 0.6 is 0 Å². The molecule has 7 heteroatoms. The largest absolute Gasteiger partial charge is 0.497 e. The third-order valence-corrected chi connectivity index (χ3v) is 4.56. The Morgan fingerprint density at radius 2 is 1.74 bits per heavy atom. The Hall–Kier alpha value is -4.13. The van der Waals surface area contributed by atoms with E-state index in [1.165, 1.54) is 0 Å². The fourth-order valence-electron chi connectivity index (χ4n) is 2.90. The zero-order valence-corrected chi connectivity index (χ0v) is 17.2. The fourth-order valence-corrected chi connectivity index (χ4v) is 2.90. The second-order valence-electron chi connectivity index (χ2n) is 6.88. The van der Waals surface area contributed by atoms with Crippen LogP contribution in [0.3, 0.4) is 0 Å². The number of aryl methyl sites for hydroxylation is 1. The van der Waals surface area contributed by atoms with Gasteiger partial charge in [0, 0.05) is 16.8 Å². The van der Waals surface area contributed by atoms with E-state index < -0.39 is 0 Å². The Kier molecular flexibility index (Phi) is 5.93. The van der Waals surface area contributed by atoms with E-state index in [9.17, 15) is 4.79 Å². The smallest absolute Gasteiger partial charge is 0.262 e. The molecule has 1 N–H and O–H groups in total. The van der Waals surface area contributed by atoms with Gasteiger partial charge in [0.1, 0.15) is 11.5 Å². The van der Waals surface area contributed by atoms with Crippen molar-refractivity contribution < 1.29 is 18.8 Å². The van der Waals surface area contributed by atoms with Gasteiger partial charge in [-0.25, -0.2) is 0 Å². The van der Waals surface area contributed by atoms with Gasteiger partial charge in [0.05, 0.1) is 7.11 Å². The minimum atomic E-state index is -0.269. The van der Waals surface area contributed by atoms with Gasteiger partial charge in [0.25, 0.3) is 11.8 Å². The Morgan fingerprint density at radius 3 is 2.48 bits per heavy atom. The third-order valence-electron chi connectivity index (χ3n) is 4.56. The molecular weight excluding hydrogens is 394 g/mol. The monoisotopic (exact) mass is 415 g/mol. The van der Waals surface area contributed by atoms with Gasteiger partial charge in [-0.3, -0.25) is 4.79 Å². The van der Waals surface area contributed by atoms with E-state index in [1.807, 2.05) is 43.3 Å². The fraction of sp³-hybridized carbons (Fsp3) is 0.125. The van der Waals surface area contributed by atoms with Gasteiger partial charge in [-0.15, -0.1) is 0 Å². The zero-order chi connectivity index (χ0) is 21.6. The van der Waals surface area contributed by atoms with Gasteiger partial charge in [-0.05, 0) is 49.4 Å². The second kappa shape index (κ2) is 9.13. The SMILES string of the molecule is COc1ccc(NC(=O)COc2cccc(-c3nc(-c4ccc(C)cc4)no3)c2)cc1. The molecule has 31 heavy (non-hydrogen) atoms. The molecule has 1 amide bonds. The number of nitrogens with zero attached hydrogens (tertiary/aromatic N) is 2. The van der Waals surface area contributed by atoms with E-state index in [0.717, 1.165) is 16.9 Å². The maximum Gasteiger partial charge on any atom is 0.262 e. The lowest BCUT2D eigenvalue weighted by Gasteiger charge is -2.08. The molecule has 0 saturated carbocycles. The number of ether oxygens (including phenoxy) is 2. The minimum Gasteiger partial charge on any atom is -0.497 e. The molecule has 1 heterocycles. The highest BCUT2D eigenvalue weighted by molar-refractivity contribution is 5.91. The minimum absolute atomic E-state index is 0.131. The molecule has 4 rings (SSSR count). The lowest BCUT2D eigenvalue weighted by molar-refractivity contribution is -0.118. The molecule has 0 unspecified atom stereocenters. The van der Waals surface area contributed by atoms with Crippen LogP contribution in [0.2, 0.25) is 0 Å². The average Bonchev–Trinajstić information content (AvgIpc) is 3.29. The van der Waals surface area contributed by atoms with Crippen LogP contribution in [0.15, 0.2) is 77.3 Å². The summed E-state index contributed by atoms with van der Waals surface area (Å²) < 4.78 is 16.1. The first-order chi connectivity index (χ1) is 15.1. The van der Waals surface area contributed by atoms with Gasteiger partial charge in [-0.2, -0.15) is 4.98 Å². The van der Waals surface area contributed by atoms with Gasteiger partial charge in [0.15, 0.2) is 6.61 Å². The van der Waals surface area contributed by atoms with Crippen LogP contribution < -0.4 is 14.8 Å². The van der Waals surface area contributed by atoms with Crippen molar-refractivity contribution >= 4 is 11.6 Å². The number of nitrogens with one attached hydrogen (secondary N) is 1. The van der Waals surface area contributed by atoms with E-state index in [2.05, 4.69) is 15.5 Å². The number of methoxy groups -OCH3 is 1. The number of aromatic nitrogens is 2. The second-order valence-corrected chi connectivity index (χ2v) is 6.88. The summed E-state index contributed by atoms with van der Waals surface area (Å²) in [5.74, 6) is 1.87. The molecule has 0 radical (unpaired) electrons. The number of benzene rings is 3. The standard InChI is InChI=1S/C24H21N3O4/c1-16-6-8-17(9-7-16)23-26-24(31-27-23)18-4-3-5-21(14-18)30-15-22(28)25-19-10-12-20(29-2)13-11-19/h3-14H,15H2,1-2H3,(H,25,28). The number of carbonyl (C=O) groups excluding carboxylic acids is 1. The van der Waals surface area contributed by atoms with Crippen LogP contribution in [0.5, 0.6) is 11.5 Å². The third kappa shape index (κ3) is 5.08. The molecule has 4 aromatic rings. The van der Waals surface area contributed by atoms with Crippen LogP contribution in [0.25, 0.3) is 22.8 Å². The number of hydrogen-bond acceptors (Lipinski definition) is 6. The number of anilines is 1. The summed E-state index contributed by atoms with van der Waals surface area (Å²) in [6, 6.07) is 22.1. The van der Waals surface area contributed by atoms with Gasteiger partial charge in [-0.1, -0.05) is 41.1 Å². The lowest BCUT2D eigenvalue weighted by Crippen LogP contribution is -2.20. The highest BCUT2D eigenvalue weighted by Crippen LogP contribution is 2.25. The van der Waals surface area contributed by atoms with Crippen LogP contribution in [0.1, 0.15) is 5.56 Å². The first-order valence-corrected chi connectivity index (χ1v) is 9.68. The number of amides is 1. The maximum atomic E-state index is 12.2. The average molecular weight is 415 g/mol. The van der Waals surface area contributed by atoms with Crippen LogP contribution in [-0.4, -0.2) is 29.8 Å². The summed E-state index contributed by atoms with van der Waals surface area (Å²) in [6.45, 7) is 1.89. The summed E-state index contributed by atoms with van der Waals surface area (Å²) in [5, 5.41) is 6.83. The van der Waals surface area contributed by atoms with E-state index in [4.69, 9.17) is 14.0 Å². The molecular formula is C24H21N3O4. The first kappa shape index (κ1) is 20.2. The van der Waals surface area contributed by atoms with E-state index >= 15 is 0 Å². The quantitative estimate of drug-likeness (QED) is 0.469. The molecule has 156 valence electrons. The number of hydrogen-bond donors (Lipinski definition) is 1. The summed E-state index contributed by atoms with van der Waals surface area (Å²) in [4.78, 5) is 16.6.